The molecule has 1 heterocycles. The summed E-state index contributed by atoms with van der Waals surface area (Å²) < 4.78 is 5.87. The largest absolute Gasteiger partial charge is 0.481 e. The van der Waals surface area contributed by atoms with Crippen molar-refractivity contribution in [2.75, 3.05) is 11.5 Å². The highest BCUT2D eigenvalue weighted by Crippen LogP contribution is 2.30. The van der Waals surface area contributed by atoms with Crippen LogP contribution in [-0.2, 0) is 9.59 Å². The molecule has 1 aromatic rings. The van der Waals surface area contributed by atoms with E-state index >= 15 is 0 Å². The maximum Gasteiger partial charge on any atom is 0.330 e. The van der Waals surface area contributed by atoms with Gasteiger partial charge in [-0.05, 0) is 49.1 Å². The molecule has 1 amide bonds. The average molecular weight is 351 g/mol. The zero-order valence-electron chi connectivity index (χ0n) is 14.6. The molecule has 1 fully saturated rings. The van der Waals surface area contributed by atoms with Gasteiger partial charge in [0.15, 0.2) is 6.10 Å². The minimum Gasteiger partial charge on any atom is -0.481 e. The molecule has 1 saturated heterocycles. The van der Waals surface area contributed by atoms with Gasteiger partial charge in [0.25, 0.3) is 5.91 Å². The fourth-order valence-electron chi connectivity index (χ4n) is 2.69. The van der Waals surface area contributed by atoms with Gasteiger partial charge in [-0.15, -0.1) is 0 Å². The van der Waals surface area contributed by atoms with Crippen LogP contribution < -0.4 is 10.1 Å². The van der Waals surface area contributed by atoms with E-state index in [0.717, 1.165) is 16.9 Å². The van der Waals surface area contributed by atoms with Gasteiger partial charge in [0, 0.05) is 5.75 Å². The summed E-state index contributed by atoms with van der Waals surface area (Å²) in [6.07, 6.45) is -0.321. The number of rotatable bonds is 6. The highest BCUT2D eigenvalue weighted by Gasteiger charge is 2.44. The number of carbonyl (C=O) groups is 2. The Morgan fingerprint density at radius 3 is 2.58 bits per heavy atom. The maximum absolute atomic E-state index is 12.5. The van der Waals surface area contributed by atoms with E-state index in [4.69, 9.17) is 4.74 Å². The van der Waals surface area contributed by atoms with E-state index in [1.54, 1.807) is 6.92 Å². The number of amides is 1. The molecular weight excluding hydrogens is 326 g/mol. The topological polar surface area (TPSA) is 75.6 Å². The third-order valence-electron chi connectivity index (χ3n) is 4.26. The van der Waals surface area contributed by atoms with Gasteiger partial charge >= 0.3 is 5.97 Å². The van der Waals surface area contributed by atoms with Crippen LogP contribution in [0.4, 0.5) is 0 Å². The van der Waals surface area contributed by atoms with Crippen molar-refractivity contribution in [1.82, 2.24) is 5.32 Å². The molecule has 1 aromatic carbocycles. The van der Waals surface area contributed by atoms with Crippen LogP contribution in [0.1, 0.15) is 44.2 Å². The summed E-state index contributed by atoms with van der Waals surface area (Å²) >= 11 is 1.54. The lowest BCUT2D eigenvalue weighted by Crippen LogP contribution is -2.57. The molecule has 1 aliphatic heterocycles. The lowest BCUT2D eigenvalue weighted by atomic mass is 9.98. The summed E-state index contributed by atoms with van der Waals surface area (Å²) in [6, 6.07) is 5.94. The molecule has 0 saturated carbocycles. The Balaban J connectivity index is 2.12. The SMILES string of the molecule is Cc1ccc(C(C)C)c(OC(C)C(=O)NC2(C(=O)O)CCSC2)c1. The van der Waals surface area contributed by atoms with Crippen molar-refractivity contribution in [2.45, 2.75) is 51.7 Å². The maximum atomic E-state index is 12.5. The molecule has 2 unspecified atom stereocenters. The number of carboxylic acid groups (broad SMARTS) is 1. The summed E-state index contributed by atoms with van der Waals surface area (Å²) in [5.74, 6) is 0.701. The molecule has 0 bridgehead atoms. The molecule has 0 radical (unpaired) electrons. The Labute approximate surface area is 147 Å². The molecule has 2 N–H and O–H groups in total. The number of carboxylic acids is 1. The van der Waals surface area contributed by atoms with Crippen molar-refractivity contribution in [2.24, 2.45) is 0 Å². The van der Waals surface area contributed by atoms with Crippen molar-refractivity contribution in [1.29, 1.82) is 0 Å². The van der Waals surface area contributed by atoms with Crippen LogP contribution in [0.3, 0.4) is 0 Å². The Bertz CT molecular complexity index is 623. The van der Waals surface area contributed by atoms with Crippen LogP contribution in [0.2, 0.25) is 0 Å². The van der Waals surface area contributed by atoms with Gasteiger partial charge in [0.2, 0.25) is 0 Å². The molecule has 2 atom stereocenters. The van der Waals surface area contributed by atoms with E-state index in [2.05, 4.69) is 19.2 Å². The van der Waals surface area contributed by atoms with E-state index in [0.29, 0.717) is 17.9 Å². The first kappa shape index (κ1) is 18.6. The predicted molar refractivity (Wildman–Crippen MR) is 95.8 cm³/mol. The number of hydrogen-bond donors (Lipinski definition) is 2. The molecule has 132 valence electrons. The van der Waals surface area contributed by atoms with Gasteiger partial charge in [-0.1, -0.05) is 26.0 Å². The Morgan fingerprint density at radius 2 is 2.04 bits per heavy atom. The normalized spacial score (nSPS) is 21.5. The van der Waals surface area contributed by atoms with Crippen molar-refractivity contribution in [3.63, 3.8) is 0 Å². The van der Waals surface area contributed by atoms with Crippen LogP contribution in [0, 0.1) is 6.92 Å². The van der Waals surface area contributed by atoms with Crippen molar-refractivity contribution >= 4 is 23.6 Å². The molecule has 2 rings (SSSR count). The Hall–Kier alpha value is -1.69. The minimum atomic E-state index is -1.17. The Kier molecular flexibility index (Phi) is 5.80. The molecular formula is C18H25NO4S. The number of carbonyl (C=O) groups excluding carboxylic acids is 1. The lowest BCUT2D eigenvalue weighted by Gasteiger charge is -2.27. The number of thioether (sulfide) groups is 1. The smallest absolute Gasteiger partial charge is 0.330 e. The molecule has 0 spiro atoms. The Morgan fingerprint density at radius 1 is 1.33 bits per heavy atom. The zero-order valence-corrected chi connectivity index (χ0v) is 15.4. The fraction of sp³-hybridized carbons (Fsp3) is 0.556. The van der Waals surface area contributed by atoms with E-state index in [1.165, 1.54) is 11.8 Å². The highest BCUT2D eigenvalue weighted by atomic mass is 32.2. The first-order valence-electron chi connectivity index (χ1n) is 8.15. The number of nitrogens with one attached hydrogen (secondary N) is 1. The molecule has 1 aliphatic rings. The van der Waals surface area contributed by atoms with Gasteiger partial charge in [-0.25, -0.2) is 4.79 Å². The van der Waals surface area contributed by atoms with Gasteiger partial charge < -0.3 is 15.2 Å². The summed E-state index contributed by atoms with van der Waals surface area (Å²) in [5, 5.41) is 12.2. The second-order valence-corrected chi connectivity index (χ2v) is 7.74. The number of hydrogen-bond acceptors (Lipinski definition) is 4. The number of aryl methyl sites for hydroxylation is 1. The van der Waals surface area contributed by atoms with E-state index in [-0.39, 0.29) is 5.92 Å². The number of aliphatic carboxylic acids is 1. The van der Waals surface area contributed by atoms with Crippen LogP contribution in [0.15, 0.2) is 18.2 Å². The quantitative estimate of drug-likeness (QED) is 0.824. The standard InChI is InChI=1S/C18H25NO4S/c1-11(2)14-6-5-12(3)9-15(14)23-13(4)16(20)19-18(17(21)22)7-8-24-10-18/h5-6,9,11,13H,7-8,10H2,1-4H3,(H,19,20)(H,21,22). The monoisotopic (exact) mass is 351 g/mol. The van der Waals surface area contributed by atoms with Gasteiger partial charge in [-0.2, -0.15) is 11.8 Å². The van der Waals surface area contributed by atoms with Gasteiger partial charge in [0.1, 0.15) is 11.3 Å². The van der Waals surface area contributed by atoms with Gasteiger partial charge in [-0.3, -0.25) is 4.79 Å². The summed E-state index contributed by atoms with van der Waals surface area (Å²) in [5.41, 5.74) is 0.910. The van der Waals surface area contributed by atoms with Gasteiger partial charge in [0.05, 0.1) is 0 Å². The van der Waals surface area contributed by atoms with Crippen molar-refractivity contribution in [3.8, 4) is 5.75 Å². The third kappa shape index (κ3) is 4.04. The number of ether oxygens (including phenoxy) is 1. The molecule has 0 aromatic heterocycles. The lowest BCUT2D eigenvalue weighted by molar-refractivity contribution is -0.147. The third-order valence-corrected chi connectivity index (χ3v) is 5.45. The second-order valence-electron chi connectivity index (χ2n) is 6.64. The fourth-order valence-corrected chi connectivity index (χ4v) is 4.01. The van der Waals surface area contributed by atoms with Crippen LogP contribution in [0.5, 0.6) is 5.75 Å². The summed E-state index contributed by atoms with van der Waals surface area (Å²) in [6.45, 7) is 7.76. The van der Waals surface area contributed by atoms with E-state index < -0.39 is 23.5 Å². The molecule has 5 nitrogen and oxygen atoms in total. The molecule has 0 aliphatic carbocycles. The summed E-state index contributed by atoms with van der Waals surface area (Å²) in [7, 11) is 0. The van der Waals surface area contributed by atoms with Crippen LogP contribution >= 0.6 is 11.8 Å². The summed E-state index contributed by atoms with van der Waals surface area (Å²) in [4.78, 5) is 24.0. The zero-order chi connectivity index (χ0) is 17.9. The van der Waals surface area contributed by atoms with Crippen LogP contribution in [0.25, 0.3) is 0 Å². The van der Waals surface area contributed by atoms with E-state index in [9.17, 15) is 14.7 Å². The van der Waals surface area contributed by atoms with E-state index in [1.807, 2.05) is 25.1 Å². The molecule has 6 heteroatoms. The minimum absolute atomic E-state index is 0.271. The van der Waals surface area contributed by atoms with Crippen molar-refractivity contribution < 1.29 is 19.4 Å². The first-order chi connectivity index (χ1) is 11.2. The molecule has 24 heavy (non-hydrogen) atoms. The predicted octanol–water partition coefficient (Wildman–Crippen LogP) is 2.96. The van der Waals surface area contributed by atoms with Crippen molar-refractivity contribution in [3.05, 3.63) is 29.3 Å². The number of benzene rings is 1. The second kappa shape index (κ2) is 7.47. The highest BCUT2D eigenvalue weighted by molar-refractivity contribution is 7.99. The average Bonchev–Trinajstić information content (AvgIpc) is 2.96. The first-order valence-corrected chi connectivity index (χ1v) is 9.31. The van der Waals surface area contributed by atoms with Crippen LogP contribution in [-0.4, -0.2) is 40.1 Å².